The van der Waals surface area contributed by atoms with Gasteiger partial charge >= 0.3 is 0 Å². The average molecular weight is 639 g/mol. The van der Waals surface area contributed by atoms with Crippen molar-refractivity contribution in [2.75, 3.05) is 9.80 Å². The highest BCUT2D eigenvalue weighted by Gasteiger charge is 2.48. The lowest BCUT2D eigenvalue weighted by atomic mass is 9.62. The second-order valence-electron chi connectivity index (χ2n) is 13.6. The van der Waals surface area contributed by atoms with Crippen molar-refractivity contribution < 1.29 is 9.59 Å². The van der Waals surface area contributed by atoms with Gasteiger partial charge in [0.05, 0.1) is 39.3 Å². The molecule has 0 aromatic heterocycles. The average Bonchev–Trinajstić information content (AvgIpc) is 3.39. The number of nitrogens with zero attached hydrogens (tertiary/aromatic N) is 2. The predicted octanol–water partition coefficient (Wildman–Crippen LogP) is 10.9. The molecule has 8 rings (SSSR count). The molecule has 6 aromatic rings. The lowest BCUT2D eigenvalue weighted by Crippen LogP contribution is -2.38. The number of rotatable bonds is 6. The van der Waals surface area contributed by atoms with Crippen LogP contribution in [0.3, 0.4) is 0 Å². The SMILES string of the molecule is CC(C)c1cccc(C(C)C)c1N1C(=O)c2cccc(N3c4ccccc4C(c4ccccc4)(c4ccccc4)c4ccccc43)c2C1=O. The van der Waals surface area contributed by atoms with Gasteiger partial charge in [-0.2, -0.15) is 0 Å². The van der Waals surface area contributed by atoms with E-state index in [1.54, 1.807) is 6.07 Å². The molecule has 0 fully saturated rings. The summed E-state index contributed by atoms with van der Waals surface area (Å²) in [5, 5.41) is 0. The van der Waals surface area contributed by atoms with E-state index in [0.29, 0.717) is 16.8 Å². The van der Waals surface area contributed by atoms with Crippen LogP contribution >= 0.6 is 0 Å². The Hall–Kier alpha value is -5.74. The smallest absolute Gasteiger partial charge is 0.268 e. The Labute approximate surface area is 288 Å². The molecule has 0 N–H and O–H groups in total. The van der Waals surface area contributed by atoms with Gasteiger partial charge < -0.3 is 4.90 Å². The molecule has 2 aliphatic heterocycles. The molecule has 0 bridgehead atoms. The minimum Gasteiger partial charge on any atom is -0.309 e. The number of benzene rings is 6. The van der Waals surface area contributed by atoms with Crippen LogP contribution in [0.1, 0.15) is 93.6 Å². The normalized spacial score (nSPS) is 14.7. The summed E-state index contributed by atoms with van der Waals surface area (Å²) in [6.07, 6.45) is 0. The van der Waals surface area contributed by atoms with Crippen LogP contribution in [-0.4, -0.2) is 11.8 Å². The zero-order chi connectivity index (χ0) is 33.9. The maximum Gasteiger partial charge on any atom is 0.268 e. The largest absolute Gasteiger partial charge is 0.309 e. The van der Waals surface area contributed by atoms with Crippen LogP contribution < -0.4 is 9.80 Å². The van der Waals surface area contributed by atoms with E-state index in [-0.39, 0.29) is 23.7 Å². The number of para-hydroxylation sites is 3. The van der Waals surface area contributed by atoms with Crippen molar-refractivity contribution >= 4 is 34.6 Å². The van der Waals surface area contributed by atoms with Gasteiger partial charge in [-0.15, -0.1) is 0 Å². The molecular formula is C45H38N2O2. The van der Waals surface area contributed by atoms with E-state index < -0.39 is 5.41 Å². The van der Waals surface area contributed by atoms with Gasteiger partial charge in [0.1, 0.15) is 0 Å². The first-order valence-electron chi connectivity index (χ1n) is 17.1. The van der Waals surface area contributed by atoms with E-state index in [0.717, 1.165) is 50.4 Å². The summed E-state index contributed by atoms with van der Waals surface area (Å²) in [7, 11) is 0. The Kier molecular flexibility index (Phi) is 7.33. The van der Waals surface area contributed by atoms with Crippen molar-refractivity contribution in [1.29, 1.82) is 0 Å². The van der Waals surface area contributed by atoms with Crippen molar-refractivity contribution in [3.05, 3.63) is 190 Å². The number of carbonyl (C=O) groups is 2. The monoisotopic (exact) mass is 638 g/mol. The number of hydrogen-bond donors (Lipinski definition) is 0. The predicted molar refractivity (Wildman–Crippen MR) is 199 cm³/mol. The first-order valence-corrected chi connectivity index (χ1v) is 17.1. The summed E-state index contributed by atoms with van der Waals surface area (Å²) in [4.78, 5) is 33.0. The summed E-state index contributed by atoms with van der Waals surface area (Å²) >= 11 is 0. The van der Waals surface area contributed by atoms with Gasteiger partial charge in [0.2, 0.25) is 0 Å². The molecule has 49 heavy (non-hydrogen) atoms. The molecule has 0 saturated heterocycles. The molecule has 0 radical (unpaired) electrons. The fraction of sp³-hybridized carbons (Fsp3) is 0.156. The van der Waals surface area contributed by atoms with Crippen molar-refractivity contribution in [2.24, 2.45) is 0 Å². The molecule has 6 aromatic carbocycles. The molecule has 4 heteroatoms. The molecule has 2 aliphatic rings. The first kappa shape index (κ1) is 30.6. The zero-order valence-corrected chi connectivity index (χ0v) is 28.2. The van der Waals surface area contributed by atoms with Crippen molar-refractivity contribution in [3.8, 4) is 0 Å². The fourth-order valence-electron chi connectivity index (χ4n) is 8.10. The van der Waals surface area contributed by atoms with Crippen LogP contribution in [-0.2, 0) is 5.41 Å². The topological polar surface area (TPSA) is 40.6 Å². The Morgan fingerprint density at radius 3 is 1.41 bits per heavy atom. The van der Waals surface area contributed by atoms with E-state index in [9.17, 15) is 9.59 Å². The minimum atomic E-state index is -0.627. The maximum atomic E-state index is 14.9. The highest BCUT2D eigenvalue weighted by atomic mass is 16.2. The van der Waals surface area contributed by atoms with Crippen LogP contribution in [0, 0.1) is 0 Å². The summed E-state index contributed by atoms with van der Waals surface area (Å²) in [6, 6.07) is 50.1. The summed E-state index contributed by atoms with van der Waals surface area (Å²) < 4.78 is 0. The maximum absolute atomic E-state index is 14.9. The van der Waals surface area contributed by atoms with Gasteiger partial charge in [-0.3, -0.25) is 9.59 Å². The molecule has 2 heterocycles. The van der Waals surface area contributed by atoms with E-state index in [1.807, 2.05) is 30.3 Å². The third-order valence-electron chi connectivity index (χ3n) is 10.2. The number of amides is 2. The number of fused-ring (bicyclic) bond motifs is 3. The van der Waals surface area contributed by atoms with Gasteiger partial charge in [0, 0.05) is 0 Å². The van der Waals surface area contributed by atoms with Crippen LogP contribution in [0.2, 0.25) is 0 Å². The molecule has 0 atom stereocenters. The van der Waals surface area contributed by atoms with Crippen LogP contribution in [0.4, 0.5) is 22.7 Å². The summed E-state index contributed by atoms with van der Waals surface area (Å²) in [5.41, 5.74) is 10.1. The molecule has 0 saturated carbocycles. The second-order valence-corrected chi connectivity index (χ2v) is 13.6. The van der Waals surface area contributed by atoms with Crippen molar-refractivity contribution in [2.45, 2.75) is 44.9 Å². The van der Waals surface area contributed by atoms with Gasteiger partial charge in [-0.05, 0) is 69.5 Å². The second kappa shape index (κ2) is 11.7. The minimum absolute atomic E-state index is 0.127. The molecule has 0 unspecified atom stereocenters. The number of imide groups is 1. The molecule has 240 valence electrons. The molecular weight excluding hydrogens is 601 g/mol. The molecule has 0 spiro atoms. The lowest BCUT2D eigenvalue weighted by molar-refractivity contribution is 0.0925. The van der Waals surface area contributed by atoms with Gasteiger partial charge in [-0.25, -0.2) is 4.90 Å². The Morgan fingerprint density at radius 1 is 0.449 bits per heavy atom. The van der Waals surface area contributed by atoms with Gasteiger partial charge in [-0.1, -0.05) is 149 Å². The number of carbonyl (C=O) groups excluding carboxylic acids is 2. The Morgan fingerprint density at radius 2 is 0.898 bits per heavy atom. The van der Waals surface area contributed by atoms with E-state index in [2.05, 4.69) is 142 Å². The highest BCUT2D eigenvalue weighted by Crippen LogP contribution is 2.58. The van der Waals surface area contributed by atoms with Crippen LogP contribution in [0.25, 0.3) is 0 Å². The Balaban J connectivity index is 1.40. The zero-order valence-electron chi connectivity index (χ0n) is 28.2. The summed E-state index contributed by atoms with van der Waals surface area (Å²) in [5.74, 6) is -0.313. The number of hydrogen-bond acceptors (Lipinski definition) is 3. The van der Waals surface area contributed by atoms with Crippen LogP contribution in [0.15, 0.2) is 146 Å². The van der Waals surface area contributed by atoms with E-state index in [4.69, 9.17) is 0 Å². The summed E-state index contributed by atoms with van der Waals surface area (Å²) in [6.45, 7) is 8.44. The fourth-order valence-corrected chi connectivity index (χ4v) is 8.10. The molecule has 4 nitrogen and oxygen atoms in total. The Bertz CT molecular complexity index is 2120. The first-order chi connectivity index (χ1) is 23.9. The van der Waals surface area contributed by atoms with Gasteiger partial charge in [0.25, 0.3) is 11.8 Å². The lowest BCUT2D eigenvalue weighted by Gasteiger charge is -2.46. The van der Waals surface area contributed by atoms with Crippen molar-refractivity contribution in [3.63, 3.8) is 0 Å². The highest BCUT2D eigenvalue weighted by molar-refractivity contribution is 6.36. The van der Waals surface area contributed by atoms with E-state index >= 15 is 0 Å². The van der Waals surface area contributed by atoms with Gasteiger partial charge in [0.15, 0.2) is 0 Å². The van der Waals surface area contributed by atoms with Crippen molar-refractivity contribution in [1.82, 2.24) is 0 Å². The van der Waals surface area contributed by atoms with E-state index in [1.165, 1.54) is 4.90 Å². The third kappa shape index (κ3) is 4.44. The quantitative estimate of drug-likeness (QED) is 0.170. The molecule has 0 aliphatic carbocycles. The van der Waals surface area contributed by atoms with Crippen LogP contribution in [0.5, 0.6) is 0 Å². The third-order valence-corrected chi connectivity index (χ3v) is 10.2. The molecule has 2 amide bonds. The number of anilines is 4. The standard InChI is InChI=1S/C45H38N2O2/c1-29(2)33-21-15-22-34(30(3)4)42(33)47-43(48)35-23-16-28-40(41(35)44(47)49)46-38-26-13-11-24-36(38)45(31-17-7-5-8-18-31,32-19-9-6-10-20-32)37-25-12-14-27-39(37)46/h5-30H,1-4H3.